The lowest BCUT2D eigenvalue weighted by Crippen LogP contribution is -2.40. The van der Waals surface area contributed by atoms with Gasteiger partial charge in [0.25, 0.3) is 0 Å². The zero-order valence-corrected chi connectivity index (χ0v) is 19.3. The quantitative estimate of drug-likeness (QED) is 0.450. The Balaban J connectivity index is 1.86. The van der Waals surface area contributed by atoms with E-state index in [1.165, 1.54) is 16.4 Å². The second-order valence-electron chi connectivity index (χ2n) is 7.31. The van der Waals surface area contributed by atoms with Crippen molar-refractivity contribution in [2.24, 2.45) is 0 Å². The van der Waals surface area contributed by atoms with E-state index in [2.05, 4.69) is 15.4 Å². The SMILES string of the molecule is CC(C)NC1CCN(S(=O)(=O)Nc2ccc(F)c(F)c2Nc2ccc(I)cc2F)C1. The molecular formula is C19H22F3IN4O2S. The van der Waals surface area contributed by atoms with Gasteiger partial charge < -0.3 is 10.6 Å². The van der Waals surface area contributed by atoms with Gasteiger partial charge in [0.05, 0.1) is 11.4 Å². The van der Waals surface area contributed by atoms with Crippen LogP contribution in [-0.4, -0.2) is 37.9 Å². The van der Waals surface area contributed by atoms with E-state index in [-0.39, 0.29) is 36.5 Å². The van der Waals surface area contributed by atoms with Gasteiger partial charge in [0.1, 0.15) is 11.5 Å². The molecule has 0 amide bonds. The van der Waals surface area contributed by atoms with Gasteiger partial charge >= 0.3 is 10.2 Å². The zero-order valence-electron chi connectivity index (χ0n) is 16.3. The molecule has 1 fully saturated rings. The van der Waals surface area contributed by atoms with E-state index in [0.29, 0.717) is 9.99 Å². The third-order valence-electron chi connectivity index (χ3n) is 4.58. The number of benzene rings is 2. The highest BCUT2D eigenvalue weighted by Crippen LogP contribution is 2.33. The highest BCUT2D eigenvalue weighted by Gasteiger charge is 2.32. The van der Waals surface area contributed by atoms with Crippen LogP contribution in [0.15, 0.2) is 30.3 Å². The molecule has 6 nitrogen and oxygen atoms in total. The lowest BCUT2D eigenvalue weighted by Gasteiger charge is -2.21. The molecule has 11 heteroatoms. The Kier molecular flexibility index (Phi) is 7.15. The summed E-state index contributed by atoms with van der Waals surface area (Å²) in [5.74, 6) is -3.18. The Bertz CT molecular complexity index is 1040. The summed E-state index contributed by atoms with van der Waals surface area (Å²) in [5, 5.41) is 5.75. The third-order valence-corrected chi connectivity index (χ3v) is 6.74. The normalized spacial score (nSPS) is 17.5. The molecular weight excluding hydrogens is 532 g/mol. The Morgan fingerprint density at radius 1 is 1.10 bits per heavy atom. The van der Waals surface area contributed by atoms with E-state index in [0.717, 1.165) is 12.1 Å². The number of nitrogens with zero attached hydrogens (tertiary/aromatic N) is 1. The van der Waals surface area contributed by atoms with Crippen molar-refractivity contribution in [3.8, 4) is 0 Å². The molecule has 0 aromatic heterocycles. The molecule has 1 atom stereocenters. The first-order valence-electron chi connectivity index (χ1n) is 9.31. The van der Waals surface area contributed by atoms with Gasteiger partial charge in [0.15, 0.2) is 11.6 Å². The minimum Gasteiger partial charge on any atom is -0.349 e. The maximum Gasteiger partial charge on any atom is 0.301 e. The fourth-order valence-corrected chi connectivity index (χ4v) is 4.99. The molecule has 3 rings (SSSR count). The van der Waals surface area contributed by atoms with E-state index < -0.39 is 33.3 Å². The molecule has 3 N–H and O–H groups in total. The minimum atomic E-state index is -4.02. The lowest BCUT2D eigenvalue weighted by atomic mass is 10.2. The molecule has 1 unspecified atom stereocenters. The van der Waals surface area contributed by atoms with Gasteiger partial charge in [0.2, 0.25) is 0 Å². The summed E-state index contributed by atoms with van der Waals surface area (Å²) in [6.07, 6.45) is 0.635. The molecule has 1 aliphatic heterocycles. The summed E-state index contributed by atoms with van der Waals surface area (Å²) in [4.78, 5) is 0. The van der Waals surface area contributed by atoms with Crippen LogP contribution in [0.25, 0.3) is 0 Å². The summed E-state index contributed by atoms with van der Waals surface area (Å²) in [6, 6.07) is 6.29. The predicted octanol–water partition coefficient (Wildman–Crippen LogP) is 4.18. The number of nitrogens with one attached hydrogen (secondary N) is 3. The van der Waals surface area contributed by atoms with Crippen LogP contribution in [0.2, 0.25) is 0 Å². The maximum absolute atomic E-state index is 14.5. The van der Waals surface area contributed by atoms with E-state index >= 15 is 0 Å². The van der Waals surface area contributed by atoms with Crippen molar-refractivity contribution >= 4 is 49.9 Å². The van der Waals surface area contributed by atoms with Crippen LogP contribution in [0.4, 0.5) is 30.2 Å². The Morgan fingerprint density at radius 3 is 2.47 bits per heavy atom. The van der Waals surface area contributed by atoms with Gasteiger partial charge in [0, 0.05) is 28.7 Å². The monoisotopic (exact) mass is 554 g/mol. The molecule has 0 saturated carbocycles. The van der Waals surface area contributed by atoms with E-state index in [1.54, 1.807) is 6.07 Å². The second-order valence-corrected chi connectivity index (χ2v) is 10.2. The number of hydrogen-bond donors (Lipinski definition) is 3. The fourth-order valence-electron chi connectivity index (χ4n) is 3.24. The van der Waals surface area contributed by atoms with Crippen molar-refractivity contribution in [2.45, 2.75) is 32.4 Å². The van der Waals surface area contributed by atoms with Crippen LogP contribution >= 0.6 is 22.6 Å². The molecule has 0 aliphatic carbocycles. The van der Waals surface area contributed by atoms with Crippen molar-refractivity contribution in [3.05, 3.63) is 51.4 Å². The van der Waals surface area contributed by atoms with Gasteiger partial charge in [-0.15, -0.1) is 0 Å². The van der Waals surface area contributed by atoms with Crippen LogP contribution in [0, 0.1) is 21.0 Å². The highest BCUT2D eigenvalue weighted by atomic mass is 127. The third kappa shape index (κ3) is 5.37. The number of rotatable bonds is 7. The summed E-state index contributed by atoms with van der Waals surface area (Å²) in [7, 11) is -4.02. The standard InChI is InChI=1S/C19H22F3IN4O2S/c1-11(2)24-13-7-8-27(10-13)30(28,29)26-17-6-4-14(20)18(22)19(17)25-16-5-3-12(23)9-15(16)21/h3-6,9,11,13,24-26H,7-8,10H2,1-2H3. The molecule has 2 aromatic carbocycles. The second kappa shape index (κ2) is 9.28. The summed E-state index contributed by atoms with van der Waals surface area (Å²) in [5.41, 5.74) is -0.815. The average Bonchev–Trinajstić information content (AvgIpc) is 3.11. The molecule has 164 valence electrons. The van der Waals surface area contributed by atoms with Crippen LogP contribution in [-0.2, 0) is 10.2 Å². The van der Waals surface area contributed by atoms with Crippen molar-refractivity contribution in [2.75, 3.05) is 23.1 Å². The van der Waals surface area contributed by atoms with Crippen molar-refractivity contribution in [3.63, 3.8) is 0 Å². The first-order valence-corrected chi connectivity index (χ1v) is 11.8. The first kappa shape index (κ1) is 23.1. The minimum absolute atomic E-state index is 0.00464. The molecule has 1 saturated heterocycles. The topological polar surface area (TPSA) is 73.5 Å². The lowest BCUT2D eigenvalue weighted by molar-refractivity contribution is 0.443. The Labute approximate surface area is 187 Å². The maximum atomic E-state index is 14.5. The summed E-state index contributed by atoms with van der Waals surface area (Å²) in [6.45, 7) is 4.49. The molecule has 0 spiro atoms. The van der Waals surface area contributed by atoms with Crippen molar-refractivity contribution in [1.82, 2.24) is 9.62 Å². The molecule has 2 aromatic rings. The van der Waals surface area contributed by atoms with Crippen LogP contribution in [0.3, 0.4) is 0 Å². The molecule has 1 aliphatic rings. The summed E-state index contributed by atoms with van der Waals surface area (Å²) < 4.78 is 72.3. The Morgan fingerprint density at radius 2 is 1.80 bits per heavy atom. The van der Waals surface area contributed by atoms with Gasteiger partial charge in [-0.05, 0) is 59.3 Å². The van der Waals surface area contributed by atoms with Gasteiger partial charge in [-0.2, -0.15) is 12.7 Å². The van der Waals surface area contributed by atoms with E-state index in [1.807, 2.05) is 36.4 Å². The first-order chi connectivity index (χ1) is 14.1. The largest absolute Gasteiger partial charge is 0.349 e. The molecule has 0 bridgehead atoms. The zero-order chi connectivity index (χ0) is 22.1. The van der Waals surface area contributed by atoms with Crippen LogP contribution in [0.5, 0.6) is 0 Å². The predicted molar refractivity (Wildman–Crippen MR) is 120 cm³/mol. The van der Waals surface area contributed by atoms with Crippen molar-refractivity contribution < 1.29 is 21.6 Å². The molecule has 1 heterocycles. The smallest absolute Gasteiger partial charge is 0.301 e. The van der Waals surface area contributed by atoms with Crippen LogP contribution in [0.1, 0.15) is 20.3 Å². The van der Waals surface area contributed by atoms with E-state index in [4.69, 9.17) is 0 Å². The molecule has 30 heavy (non-hydrogen) atoms. The number of anilines is 3. The summed E-state index contributed by atoms with van der Waals surface area (Å²) >= 11 is 1.92. The average molecular weight is 554 g/mol. The number of hydrogen-bond acceptors (Lipinski definition) is 4. The van der Waals surface area contributed by atoms with Gasteiger partial charge in [-0.25, -0.2) is 13.2 Å². The van der Waals surface area contributed by atoms with E-state index in [9.17, 15) is 21.6 Å². The Hall–Kier alpha value is -1.57. The van der Waals surface area contributed by atoms with Gasteiger partial charge in [-0.3, -0.25) is 4.72 Å². The molecule has 0 radical (unpaired) electrons. The fraction of sp³-hybridized carbons (Fsp3) is 0.368. The van der Waals surface area contributed by atoms with Crippen molar-refractivity contribution in [1.29, 1.82) is 0 Å². The highest BCUT2D eigenvalue weighted by molar-refractivity contribution is 14.1. The van der Waals surface area contributed by atoms with Gasteiger partial charge in [-0.1, -0.05) is 13.8 Å². The van der Waals surface area contributed by atoms with Crippen LogP contribution < -0.4 is 15.4 Å². The number of halogens is 4.